The number of hydrogen-bond acceptors (Lipinski definition) is 3. The molecule has 1 atom stereocenters. The minimum atomic E-state index is -0.105. The van der Waals surface area contributed by atoms with Crippen LogP contribution in [0.2, 0.25) is 0 Å². The molecule has 0 spiro atoms. The van der Waals surface area contributed by atoms with E-state index < -0.39 is 0 Å². The Morgan fingerprint density at radius 3 is 2.21 bits per heavy atom. The SMILES string of the molecule is O=C(N(c1ccccc1)c1ccccc1)N1CCOC[C@@H]1CCO. The summed E-state index contributed by atoms with van der Waals surface area (Å²) in [4.78, 5) is 16.8. The average Bonchev–Trinajstić information content (AvgIpc) is 2.64. The van der Waals surface area contributed by atoms with Crippen LogP contribution in [0.15, 0.2) is 60.7 Å². The van der Waals surface area contributed by atoms with Crippen molar-refractivity contribution in [2.75, 3.05) is 31.3 Å². The van der Waals surface area contributed by atoms with Crippen LogP contribution in [0.25, 0.3) is 0 Å². The number of benzene rings is 2. The monoisotopic (exact) mass is 326 g/mol. The Balaban J connectivity index is 1.94. The Morgan fingerprint density at radius 2 is 1.67 bits per heavy atom. The lowest BCUT2D eigenvalue weighted by atomic mass is 10.1. The van der Waals surface area contributed by atoms with E-state index in [-0.39, 0.29) is 18.7 Å². The van der Waals surface area contributed by atoms with Crippen molar-refractivity contribution in [1.29, 1.82) is 0 Å². The van der Waals surface area contributed by atoms with Gasteiger partial charge in [-0.05, 0) is 30.7 Å². The number of ether oxygens (including phenoxy) is 1. The Hall–Kier alpha value is -2.37. The van der Waals surface area contributed by atoms with Crippen molar-refractivity contribution < 1.29 is 14.6 Å². The first kappa shape index (κ1) is 16.5. The number of anilines is 2. The predicted octanol–water partition coefficient (Wildman–Crippen LogP) is 3.03. The first-order valence-electron chi connectivity index (χ1n) is 8.20. The van der Waals surface area contributed by atoms with Gasteiger partial charge in [-0.1, -0.05) is 36.4 Å². The molecule has 3 rings (SSSR count). The first-order valence-corrected chi connectivity index (χ1v) is 8.20. The molecule has 1 aliphatic rings. The van der Waals surface area contributed by atoms with E-state index in [0.29, 0.717) is 26.2 Å². The zero-order chi connectivity index (χ0) is 16.8. The average molecular weight is 326 g/mol. The molecule has 2 amide bonds. The quantitative estimate of drug-likeness (QED) is 0.939. The number of amides is 2. The van der Waals surface area contributed by atoms with Crippen molar-refractivity contribution >= 4 is 17.4 Å². The molecule has 1 saturated heterocycles. The van der Waals surface area contributed by atoms with Gasteiger partial charge in [-0.15, -0.1) is 0 Å². The van der Waals surface area contributed by atoms with Gasteiger partial charge in [0, 0.05) is 13.2 Å². The van der Waals surface area contributed by atoms with E-state index in [1.54, 1.807) is 9.80 Å². The lowest BCUT2D eigenvalue weighted by Crippen LogP contribution is -2.53. The largest absolute Gasteiger partial charge is 0.396 e. The number of nitrogens with zero attached hydrogens (tertiary/aromatic N) is 2. The molecule has 5 heteroatoms. The molecule has 1 heterocycles. The number of aliphatic hydroxyl groups excluding tert-OH is 1. The molecule has 0 aliphatic carbocycles. The third-order valence-electron chi connectivity index (χ3n) is 4.16. The summed E-state index contributed by atoms with van der Waals surface area (Å²) in [6.45, 7) is 1.54. The number of hydrogen-bond donors (Lipinski definition) is 1. The van der Waals surface area contributed by atoms with E-state index in [1.807, 2.05) is 60.7 Å². The molecule has 0 radical (unpaired) electrons. The van der Waals surface area contributed by atoms with E-state index in [1.165, 1.54) is 0 Å². The highest BCUT2D eigenvalue weighted by molar-refractivity contribution is 5.99. The summed E-state index contributed by atoms with van der Waals surface area (Å²) < 4.78 is 5.48. The van der Waals surface area contributed by atoms with Crippen LogP contribution in [0.4, 0.5) is 16.2 Å². The normalized spacial score (nSPS) is 17.5. The number of para-hydroxylation sites is 2. The molecular formula is C19H22N2O3. The molecule has 2 aromatic carbocycles. The van der Waals surface area contributed by atoms with Crippen molar-refractivity contribution in [3.05, 3.63) is 60.7 Å². The van der Waals surface area contributed by atoms with E-state index in [9.17, 15) is 9.90 Å². The summed E-state index contributed by atoms with van der Waals surface area (Å²) in [6, 6.07) is 19.0. The highest BCUT2D eigenvalue weighted by atomic mass is 16.5. The molecule has 126 valence electrons. The fourth-order valence-corrected chi connectivity index (χ4v) is 2.95. The highest BCUT2D eigenvalue weighted by Crippen LogP contribution is 2.28. The van der Waals surface area contributed by atoms with Gasteiger partial charge in [0.15, 0.2) is 0 Å². The molecule has 24 heavy (non-hydrogen) atoms. The number of carbonyl (C=O) groups is 1. The Bertz CT molecular complexity index is 607. The maximum atomic E-state index is 13.3. The van der Waals surface area contributed by atoms with Crippen molar-refractivity contribution in [3.8, 4) is 0 Å². The summed E-state index contributed by atoms with van der Waals surface area (Å²) >= 11 is 0. The van der Waals surface area contributed by atoms with Crippen LogP contribution in [0, 0.1) is 0 Å². The van der Waals surface area contributed by atoms with E-state index in [0.717, 1.165) is 11.4 Å². The van der Waals surface area contributed by atoms with Crippen LogP contribution in [-0.4, -0.2) is 48.4 Å². The number of morpholine rings is 1. The van der Waals surface area contributed by atoms with Gasteiger partial charge in [-0.25, -0.2) is 4.79 Å². The van der Waals surface area contributed by atoms with Gasteiger partial charge in [0.05, 0.1) is 30.6 Å². The third kappa shape index (κ3) is 3.58. The molecule has 0 aromatic heterocycles. The highest BCUT2D eigenvalue weighted by Gasteiger charge is 2.31. The predicted molar refractivity (Wildman–Crippen MR) is 93.4 cm³/mol. The number of rotatable bonds is 4. The zero-order valence-electron chi connectivity index (χ0n) is 13.5. The molecule has 1 N–H and O–H groups in total. The summed E-state index contributed by atoms with van der Waals surface area (Å²) in [6.07, 6.45) is 0.517. The zero-order valence-corrected chi connectivity index (χ0v) is 13.5. The maximum absolute atomic E-state index is 13.3. The molecule has 0 unspecified atom stereocenters. The van der Waals surface area contributed by atoms with Crippen LogP contribution in [0.1, 0.15) is 6.42 Å². The molecular weight excluding hydrogens is 304 g/mol. The third-order valence-corrected chi connectivity index (χ3v) is 4.16. The van der Waals surface area contributed by atoms with Gasteiger partial charge >= 0.3 is 6.03 Å². The van der Waals surface area contributed by atoms with Gasteiger partial charge < -0.3 is 14.7 Å². The van der Waals surface area contributed by atoms with Gasteiger partial charge in [0.1, 0.15) is 0 Å². The second-order valence-corrected chi connectivity index (χ2v) is 5.72. The molecule has 0 bridgehead atoms. The summed E-state index contributed by atoms with van der Waals surface area (Å²) in [5.41, 5.74) is 1.64. The van der Waals surface area contributed by atoms with E-state index in [4.69, 9.17) is 4.74 Å². The van der Waals surface area contributed by atoms with Gasteiger partial charge in [-0.2, -0.15) is 0 Å². The molecule has 1 fully saturated rings. The number of aliphatic hydroxyl groups is 1. The van der Waals surface area contributed by atoms with Crippen LogP contribution in [-0.2, 0) is 4.74 Å². The van der Waals surface area contributed by atoms with Crippen molar-refractivity contribution in [2.24, 2.45) is 0 Å². The van der Waals surface area contributed by atoms with E-state index >= 15 is 0 Å². The van der Waals surface area contributed by atoms with Crippen LogP contribution >= 0.6 is 0 Å². The molecule has 5 nitrogen and oxygen atoms in total. The van der Waals surface area contributed by atoms with Crippen molar-refractivity contribution in [2.45, 2.75) is 12.5 Å². The minimum Gasteiger partial charge on any atom is -0.396 e. The van der Waals surface area contributed by atoms with Crippen LogP contribution in [0.5, 0.6) is 0 Å². The van der Waals surface area contributed by atoms with Crippen molar-refractivity contribution in [3.63, 3.8) is 0 Å². The summed E-state index contributed by atoms with van der Waals surface area (Å²) in [5, 5.41) is 9.28. The Kier molecular flexibility index (Phi) is 5.46. The fourth-order valence-electron chi connectivity index (χ4n) is 2.95. The standard InChI is InChI=1S/C19H22N2O3/c22-13-11-18-15-24-14-12-20(18)19(23)21(16-7-3-1-4-8-16)17-9-5-2-6-10-17/h1-10,18,22H,11-15H2/t18-/m0/s1. The first-order chi connectivity index (χ1) is 11.8. The van der Waals surface area contributed by atoms with E-state index in [2.05, 4.69) is 0 Å². The Morgan fingerprint density at radius 1 is 1.08 bits per heavy atom. The Labute approximate surface area is 142 Å². The lowest BCUT2D eigenvalue weighted by Gasteiger charge is -2.38. The summed E-state index contributed by atoms with van der Waals surface area (Å²) in [7, 11) is 0. The van der Waals surface area contributed by atoms with Gasteiger partial charge in [-0.3, -0.25) is 4.90 Å². The van der Waals surface area contributed by atoms with Gasteiger partial charge in [0.2, 0.25) is 0 Å². The minimum absolute atomic E-state index is 0.0362. The molecule has 0 saturated carbocycles. The second-order valence-electron chi connectivity index (χ2n) is 5.72. The van der Waals surface area contributed by atoms with Crippen LogP contribution in [0.3, 0.4) is 0 Å². The second kappa shape index (κ2) is 7.95. The summed E-state index contributed by atoms with van der Waals surface area (Å²) in [5.74, 6) is 0. The maximum Gasteiger partial charge on any atom is 0.329 e. The fraction of sp³-hybridized carbons (Fsp3) is 0.316. The lowest BCUT2D eigenvalue weighted by molar-refractivity contribution is 0.00631. The van der Waals surface area contributed by atoms with Crippen molar-refractivity contribution in [1.82, 2.24) is 4.90 Å². The molecule has 1 aliphatic heterocycles. The topological polar surface area (TPSA) is 53.0 Å². The molecule has 2 aromatic rings. The smallest absolute Gasteiger partial charge is 0.329 e. The number of carbonyl (C=O) groups excluding carboxylic acids is 1. The van der Waals surface area contributed by atoms with Gasteiger partial charge in [0.25, 0.3) is 0 Å². The van der Waals surface area contributed by atoms with Crippen LogP contribution < -0.4 is 4.90 Å². The number of urea groups is 1.